The van der Waals surface area contributed by atoms with E-state index in [2.05, 4.69) is 0 Å². The highest BCUT2D eigenvalue weighted by molar-refractivity contribution is 5.69. The van der Waals surface area contributed by atoms with Crippen LogP contribution >= 0.6 is 0 Å². The number of hydrogen-bond donors (Lipinski definition) is 3. The van der Waals surface area contributed by atoms with Gasteiger partial charge >= 0.3 is 5.97 Å². The predicted molar refractivity (Wildman–Crippen MR) is 74.2 cm³/mol. The third-order valence-corrected chi connectivity index (χ3v) is 2.81. The lowest BCUT2D eigenvalue weighted by Crippen LogP contribution is -2.35. The number of rotatable bonds is 10. The molecular weight excluding hydrogens is 264 g/mol. The molecule has 3 N–H and O–H groups in total. The molecular formula is C14H28O6. The monoisotopic (exact) mass is 292 g/mol. The fourth-order valence-electron chi connectivity index (χ4n) is 1.66. The van der Waals surface area contributed by atoms with Gasteiger partial charge in [-0.3, -0.25) is 4.79 Å². The summed E-state index contributed by atoms with van der Waals surface area (Å²) in [5.41, 5.74) is -1.28. The molecule has 120 valence electrons. The van der Waals surface area contributed by atoms with E-state index in [1.165, 1.54) is 0 Å². The molecule has 0 aromatic rings. The van der Waals surface area contributed by atoms with E-state index in [-0.39, 0.29) is 45.4 Å². The minimum Gasteiger partial charge on any atom is -0.460 e. The molecule has 20 heavy (non-hydrogen) atoms. The topological polar surface area (TPSA) is 96.2 Å². The van der Waals surface area contributed by atoms with Gasteiger partial charge in [0.05, 0.1) is 32.8 Å². The Morgan fingerprint density at radius 3 is 2.15 bits per heavy atom. The maximum atomic E-state index is 11.5. The number of carbonyl (C=O) groups is 1. The highest BCUT2D eigenvalue weighted by Crippen LogP contribution is 2.23. The normalized spacial score (nSPS) is 12.5. The van der Waals surface area contributed by atoms with Gasteiger partial charge in [0.1, 0.15) is 5.60 Å². The molecule has 0 unspecified atom stereocenters. The number of aliphatic hydroxyl groups excluding tert-OH is 3. The van der Waals surface area contributed by atoms with Crippen molar-refractivity contribution in [3.63, 3.8) is 0 Å². The molecule has 6 nitrogen and oxygen atoms in total. The molecule has 0 amide bonds. The van der Waals surface area contributed by atoms with Gasteiger partial charge in [0.2, 0.25) is 0 Å². The predicted octanol–water partition coefficient (Wildman–Crippen LogP) is 0.478. The Balaban J connectivity index is 4.03. The van der Waals surface area contributed by atoms with Crippen LogP contribution in [0.2, 0.25) is 0 Å². The van der Waals surface area contributed by atoms with Gasteiger partial charge in [-0.15, -0.1) is 0 Å². The van der Waals surface area contributed by atoms with Gasteiger partial charge in [0.25, 0.3) is 0 Å². The van der Waals surface area contributed by atoms with Gasteiger partial charge in [0, 0.05) is 12.0 Å². The fourth-order valence-corrected chi connectivity index (χ4v) is 1.66. The van der Waals surface area contributed by atoms with E-state index < -0.39 is 11.0 Å². The van der Waals surface area contributed by atoms with Crippen molar-refractivity contribution >= 4 is 5.97 Å². The number of hydrogen-bond acceptors (Lipinski definition) is 6. The standard InChI is InChI=1S/C14H28O6/c1-13(2,3)20-12(18)5-8-19-11-14(9-16,10-17)6-4-7-15/h15-17H,4-11H2,1-3H3. The summed E-state index contributed by atoms with van der Waals surface area (Å²) >= 11 is 0. The fraction of sp³-hybridized carbons (Fsp3) is 0.929. The highest BCUT2D eigenvalue weighted by Gasteiger charge is 2.28. The van der Waals surface area contributed by atoms with E-state index in [0.29, 0.717) is 12.8 Å². The Kier molecular flexibility index (Phi) is 8.96. The number of ether oxygens (including phenoxy) is 2. The van der Waals surface area contributed by atoms with Gasteiger partial charge < -0.3 is 24.8 Å². The quantitative estimate of drug-likeness (QED) is 0.400. The first-order valence-corrected chi connectivity index (χ1v) is 6.91. The molecule has 0 aromatic heterocycles. The van der Waals surface area contributed by atoms with Gasteiger partial charge in [0.15, 0.2) is 0 Å². The molecule has 0 atom stereocenters. The van der Waals surface area contributed by atoms with Crippen LogP contribution in [-0.2, 0) is 14.3 Å². The van der Waals surface area contributed by atoms with Crippen LogP contribution in [0.5, 0.6) is 0 Å². The Morgan fingerprint density at radius 2 is 1.70 bits per heavy atom. The van der Waals surface area contributed by atoms with E-state index in [4.69, 9.17) is 14.6 Å². The van der Waals surface area contributed by atoms with E-state index in [0.717, 1.165) is 0 Å². The SMILES string of the molecule is CC(C)(C)OC(=O)CCOCC(CO)(CO)CCCO. The number of aliphatic hydroxyl groups is 3. The molecule has 0 saturated heterocycles. The van der Waals surface area contributed by atoms with Crippen molar-refractivity contribution in [1.29, 1.82) is 0 Å². The van der Waals surface area contributed by atoms with Crippen molar-refractivity contribution in [1.82, 2.24) is 0 Å². The lowest BCUT2D eigenvalue weighted by atomic mass is 9.86. The summed E-state index contributed by atoms with van der Waals surface area (Å²) < 4.78 is 10.5. The van der Waals surface area contributed by atoms with E-state index in [1.807, 2.05) is 0 Å². The minimum absolute atomic E-state index is 0.000339. The van der Waals surface area contributed by atoms with Crippen molar-refractivity contribution in [2.75, 3.05) is 33.0 Å². The molecule has 0 saturated carbocycles. The van der Waals surface area contributed by atoms with Crippen molar-refractivity contribution in [2.24, 2.45) is 5.41 Å². The first kappa shape index (κ1) is 19.3. The van der Waals surface area contributed by atoms with Crippen LogP contribution in [-0.4, -0.2) is 59.9 Å². The Morgan fingerprint density at radius 1 is 1.10 bits per heavy atom. The third kappa shape index (κ3) is 8.47. The first-order chi connectivity index (χ1) is 9.28. The molecule has 0 radical (unpaired) electrons. The zero-order valence-electron chi connectivity index (χ0n) is 12.7. The first-order valence-electron chi connectivity index (χ1n) is 6.91. The number of carbonyl (C=O) groups excluding carboxylic acids is 1. The molecule has 0 bridgehead atoms. The zero-order valence-corrected chi connectivity index (χ0v) is 12.7. The van der Waals surface area contributed by atoms with Gasteiger partial charge in [-0.1, -0.05) is 0 Å². The number of esters is 1. The van der Waals surface area contributed by atoms with Crippen molar-refractivity contribution in [2.45, 2.75) is 45.6 Å². The lowest BCUT2D eigenvalue weighted by Gasteiger charge is -2.29. The molecule has 6 heteroatoms. The molecule has 0 spiro atoms. The summed E-state index contributed by atoms with van der Waals surface area (Å²) in [5, 5.41) is 27.5. The zero-order chi connectivity index (χ0) is 15.6. The largest absolute Gasteiger partial charge is 0.460 e. The molecule has 0 aromatic carbocycles. The lowest BCUT2D eigenvalue weighted by molar-refractivity contribution is -0.156. The maximum Gasteiger partial charge on any atom is 0.308 e. The molecule has 0 rings (SSSR count). The second kappa shape index (κ2) is 9.28. The van der Waals surface area contributed by atoms with Crippen molar-refractivity contribution < 1.29 is 29.6 Å². The van der Waals surface area contributed by atoms with Crippen molar-refractivity contribution in [3.8, 4) is 0 Å². The molecule has 0 fully saturated rings. The van der Waals surface area contributed by atoms with Gasteiger partial charge in [-0.25, -0.2) is 0 Å². The summed E-state index contributed by atoms with van der Waals surface area (Å²) in [4.78, 5) is 11.5. The summed E-state index contributed by atoms with van der Waals surface area (Å²) in [6, 6.07) is 0. The Labute approximate surface area is 120 Å². The van der Waals surface area contributed by atoms with Gasteiger partial charge in [-0.2, -0.15) is 0 Å². The van der Waals surface area contributed by atoms with Crippen molar-refractivity contribution in [3.05, 3.63) is 0 Å². The van der Waals surface area contributed by atoms with Crippen LogP contribution in [0.1, 0.15) is 40.0 Å². The third-order valence-electron chi connectivity index (χ3n) is 2.81. The second-order valence-corrected chi connectivity index (χ2v) is 6.03. The van der Waals surface area contributed by atoms with Crippen LogP contribution in [0.25, 0.3) is 0 Å². The smallest absolute Gasteiger partial charge is 0.308 e. The van der Waals surface area contributed by atoms with Gasteiger partial charge in [-0.05, 0) is 33.6 Å². The van der Waals surface area contributed by atoms with E-state index in [9.17, 15) is 15.0 Å². The van der Waals surface area contributed by atoms with Crippen LogP contribution < -0.4 is 0 Å². The maximum absolute atomic E-state index is 11.5. The average molecular weight is 292 g/mol. The Hall–Kier alpha value is -0.690. The minimum atomic E-state index is -0.767. The molecule has 0 aliphatic heterocycles. The summed E-state index contributed by atoms with van der Waals surface area (Å²) in [5.74, 6) is -0.341. The molecule has 0 aliphatic rings. The molecule has 0 aliphatic carbocycles. The summed E-state index contributed by atoms with van der Waals surface area (Å²) in [6.07, 6.45) is 1.07. The van der Waals surface area contributed by atoms with Crippen LogP contribution in [0.15, 0.2) is 0 Å². The molecule has 0 heterocycles. The van der Waals surface area contributed by atoms with E-state index >= 15 is 0 Å². The van der Waals surface area contributed by atoms with Crippen LogP contribution in [0, 0.1) is 5.41 Å². The van der Waals surface area contributed by atoms with Crippen LogP contribution in [0.4, 0.5) is 0 Å². The van der Waals surface area contributed by atoms with E-state index in [1.54, 1.807) is 20.8 Å². The van der Waals surface area contributed by atoms with Crippen LogP contribution in [0.3, 0.4) is 0 Å². The highest BCUT2D eigenvalue weighted by atomic mass is 16.6. The summed E-state index contributed by atoms with van der Waals surface area (Å²) in [7, 11) is 0. The summed E-state index contributed by atoms with van der Waals surface area (Å²) in [6.45, 7) is 5.25. The average Bonchev–Trinajstić information content (AvgIpc) is 2.36. The second-order valence-electron chi connectivity index (χ2n) is 6.03. The Bertz CT molecular complexity index is 267.